The second kappa shape index (κ2) is 25.4. The van der Waals surface area contributed by atoms with E-state index < -0.39 is 5.41 Å². The van der Waals surface area contributed by atoms with Crippen LogP contribution >= 0.6 is 0 Å². The quantitative estimate of drug-likeness (QED) is 0.107. The summed E-state index contributed by atoms with van der Waals surface area (Å²) in [4.78, 5) is 5.26. The predicted octanol–water partition coefficient (Wildman–Crippen LogP) is 26.6. The van der Waals surface area contributed by atoms with Crippen LogP contribution in [0.5, 0.6) is 0 Å². The second-order valence-corrected chi connectivity index (χ2v) is 28.8. The zero-order valence-corrected chi connectivity index (χ0v) is 57.8. The predicted molar refractivity (Wildman–Crippen MR) is 424 cm³/mol. The Kier molecular flexibility index (Phi) is 15.7. The van der Waals surface area contributed by atoms with E-state index in [-0.39, 0.29) is 11.5 Å². The van der Waals surface area contributed by atoms with Gasteiger partial charge >= 0.3 is 0 Å². The average Bonchev–Trinajstić information content (AvgIpc) is 1.49. The molecule has 17 rings (SSSR count). The minimum absolute atomic E-state index is 0.0214. The van der Waals surface area contributed by atoms with Gasteiger partial charge in [-0.15, -0.1) is 0 Å². The minimum Gasteiger partial charge on any atom is -0.334 e. The van der Waals surface area contributed by atoms with Gasteiger partial charge in [0, 0.05) is 39.3 Å². The molecule has 2 heteroatoms. The summed E-state index contributed by atoms with van der Waals surface area (Å²) in [5.74, 6) is 0. The molecule has 4 aliphatic rings. The van der Waals surface area contributed by atoms with Crippen molar-refractivity contribution in [1.82, 2.24) is 0 Å². The smallest absolute Gasteiger partial charge is 0.0571 e. The van der Waals surface area contributed by atoms with Gasteiger partial charge in [-0.05, 0) is 257 Å². The number of anilines is 5. The molecule has 0 aliphatic heterocycles. The molecule has 0 fully saturated rings. The van der Waals surface area contributed by atoms with Crippen LogP contribution < -0.4 is 9.80 Å². The van der Waals surface area contributed by atoms with Crippen LogP contribution in [0.25, 0.3) is 94.6 Å². The molecule has 1 unspecified atom stereocenters. The lowest BCUT2D eigenvalue weighted by atomic mass is 9.72. The number of benzene rings is 13. The molecule has 482 valence electrons. The first-order chi connectivity index (χ1) is 48.9. The topological polar surface area (TPSA) is 6.48 Å². The van der Waals surface area contributed by atoms with Crippen LogP contribution in [0.4, 0.5) is 28.4 Å². The van der Waals surface area contributed by atoms with Gasteiger partial charge < -0.3 is 9.80 Å². The van der Waals surface area contributed by atoms with E-state index in [9.17, 15) is 0 Å². The number of aryl methyl sites for hydroxylation is 2. The molecule has 100 heavy (non-hydrogen) atoms. The Bertz CT molecular complexity index is 5120. The third-order valence-electron chi connectivity index (χ3n) is 21.7. The van der Waals surface area contributed by atoms with Gasteiger partial charge in [-0.1, -0.05) is 283 Å². The lowest BCUT2D eigenvalue weighted by Crippen LogP contribution is -2.32. The highest BCUT2D eigenvalue weighted by Crippen LogP contribution is 2.62. The van der Waals surface area contributed by atoms with E-state index in [1.165, 1.54) is 134 Å². The monoisotopic (exact) mass is 1280 g/mol. The lowest BCUT2D eigenvalue weighted by Gasteiger charge is -2.37. The molecule has 13 aromatic carbocycles. The number of rotatable bonds is 14. The van der Waals surface area contributed by atoms with Gasteiger partial charge in [-0.25, -0.2) is 0 Å². The minimum atomic E-state index is -0.398. The van der Waals surface area contributed by atoms with Crippen molar-refractivity contribution in [3.8, 4) is 89.0 Å². The summed E-state index contributed by atoms with van der Waals surface area (Å²) in [5, 5.41) is 0. The Morgan fingerprint density at radius 3 is 1.03 bits per heavy atom. The molecule has 13 aromatic rings. The summed E-state index contributed by atoms with van der Waals surface area (Å²) < 4.78 is 0. The fourth-order valence-corrected chi connectivity index (χ4v) is 16.9. The van der Waals surface area contributed by atoms with Crippen LogP contribution in [0.1, 0.15) is 85.9 Å². The Morgan fingerprint density at radius 1 is 0.330 bits per heavy atom. The van der Waals surface area contributed by atoms with E-state index in [2.05, 4.69) is 385 Å². The third kappa shape index (κ3) is 11.2. The SMILES string of the molecule is Cc1cc(N(c2cc(-c3ccccc3)cc(-c3ccccc3)c2)c2cc(-c3ccccc3)cc(-c3ccccc3)c2)cc2c1-c1ccc3c(c1C2(C)C)C(C)(C)c1cc(N(c2cc(-c4ccccc4)cc(-c4ccccc4)c2)C2C=C(c4ccccc4)C=C(C4=CC=CCC4)C2)cc(C)c1-3. The van der Waals surface area contributed by atoms with E-state index in [0.717, 1.165) is 58.6 Å². The van der Waals surface area contributed by atoms with Gasteiger partial charge in [0.15, 0.2) is 0 Å². The molecular weight excluding hydrogens is 1210 g/mol. The van der Waals surface area contributed by atoms with E-state index in [0.29, 0.717) is 0 Å². The third-order valence-corrected chi connectivity index (χ3v) is 21.7. The van der Waals surface area contributed by atoms with Crippen molar-refractivity contribution in [3.05, 3.63) is 384 Å². The summed E-state index contributed by atoms with van der Waals surface area (Å²) in [7, 11) is 0. The molecule has 4 aliphatic carbocycles. The lowest BCUT2D eigenvalue weighted by molar-refractivity contribution is 0.601. The van der Waals surface area contributed by atoms with Crippen LogP contribution in [-0.4, -0.2) is 6.04 Å². The van der Waals surface area contributed by atoms with Crippen molar-refractivity contribution >= 4 is 34.0 Å². The maximum absolute atomic E-state index is 2.71. The zero-order chi connectivity index (χ0) is 67.6. The van der Waals surface area contributed by atoms with Crippen molar-refractivity contribution < 1.29 is 0 Å². The van der Waals surface area contributed by atoms with Gasteiger partial charge in [0.2, 0.25) is 0 Å². The molecule has 0 radical (unpaired) electrons. The van der Waals surface area contributed by atoms with E-state index >= 15 is 0 Å². The normalized spacial score (nSPS) is 15.2. The number of hydrogen-bond donors (Lipinski definition) is 0. The highest BCUT2D eigenvalue weighted by atomic mass is 15.2. The van der Waals surface area contributed by atoms with E-state index in [1.54, 1.807) is 0 Å². The number of hydrogen-bond acceptors (Lipinski definition) is 2. The fraction of sp³-hybridized carbons (Fsp3) is 0.122. The molecule has 0 bridgehead atoms. The molecular formula is C98H80N2. The number of nitrogens with zero attached hydrogens (tertiary/aromatic N) is 2. The summed E-state index contributed by atoms with van der Waals surface area (Å²) >= 11 is 0. The standard InChI is InChI=1S/C98H80N2/c1-65-49-83(99(85-55-75(67-31-15-7-16-32-67)51-76(56-85)68-33-17-8-18-34-68)86-57-77(69-35-19-9-20-36-69)52-78(58-86)70-37-21-10-22-38-70)63-91-93(65)89-47-48-90-94-66(2)50-84(64-92(94)98(5,6)96(90)95(89)97(91,3)4)100(87-59-79(71-39-23-11-24-40-71)53-80(60-87)72-41-25-12-26-42-72)88-61-81(73-43-27-13-28-44-73)54-82(62-88)74-45-29-14-30-46-74/h7-29,31-45,47-61,63-64,88H,30,46,62H2,1-6H3. The van der Waals surface area contributed by atoms with Crippen molar-refractivity contribution in [3.63, 3.8) is 0 Å². The molecule has 0 N–H and O–H groups in total. The second-order valence-electron chi connectivity index (χ2n) is 28.8. The van der Waals surface area contributed by atoms with Gasteiger partial charge in [-0.2, -0.15) is 0 Å². The van der Waals surface area contributed by atoms with E-state index in [4.69, 9.17) is 0 Å². The van der Waals surface area contributed by atoms with Crippen molar-refractivity contribution in [2.75, 3.05) is 9.80 Å². The van der Waals surface area contributed by atoms with Crippen LogP contribution in [0.3, 0.4) is 0 Å². The van der Waals surface area contributed by atoms with Gasteiger partial charge in [0.1, 0.15) is 0 Å². The number of allylic oxidation sites excluding steroid dienone is 6. The average molecular weight is 1290 g/mol. The van der Waals surface area contributed by atoms with Crippen molar-refractivity contribution in [1.29, 1.82) is 0 Å². The Labute approximate surface area is 590 Å². The van der Waals surface area contributed by atoms with Gasteiger partial charge in [0.05, 0.1) is 6.04 Å². The van der Waals surface area contributed by atoms with Gasteiger partial charge in [-0.3, -0.25) is 0 Å². The maximum atomic E-state index is 2.71. The van der Waals surface area contributed by atoms with Crippen LogP contribution in [0, 0.1) is 13.8 Å². The Morgan fingerprint density at radius 2 is 0.660 bits per heavy atom. The molecule has 0 amide bonds. The first-order valence-corrected chi connectivity index (χ1v) is 35.6. The van der Waals surface area contributed by atoms with Crippen LogP contribution in [0.2, 0.25) is 0 Å². The molecule has 1 atom stereocenters. The molecule has 0 aromatic heterocycles. The molecule has 2 nitrogen and oxygen atoms in total. The first kappa shape index (κ1) is 62.0. The fourth-order valence-electron chi connectivity index (χ4n) is 16.9. The highest BCUT2D eigenvalue weighted by Gasteiger charge is 2.47. The zero-order valence-electron chi connectivity index (χ0n) is 57.8. The molecule has 0 saturated heterocycles. The van der Waals surface area contributed by atoms with Gasteiger partial charge in [0.25, 0.3) is 0 Å². The van der Waals surface area contributed by atoms with Crippen molar-refractivity contribution in [2.24, 2.45) is 0 Å². The molecule has 0 heterocycles. The van der Waals surface area contributed by atoms with E-state index in [1.807, 2.05) is 0 Å². The summed E-state index contributed by atoms with van der Waals surface area (Å²) in [6.07, 6.45) is 14.9. The Balaban J connectivity index is 0.839. The van der Waals surface area contributed by atoms with Crippen LogP contribution in [-0.2, 0) is 10.8 Å². The Hall–Kier alpha value is -11.6. The summed E-state index contributed by atoms with van der Waals surface area (Å²) in [6.45, 7) is 14.8. The summed E-state index contributed by atoms with van der Waals surface area (Å²) in [6, 6.07) is 113. The maximum Gasteiger partial charge on any atom is 0.0571 e. The number of fused-ring (bicyclic) bond motifs is 7. The highest BCUT2D eigenvalue weighted by molar-refractivity contribution is 5.97. The largest absolute Gasteiger partial charge is 0.334 e. The summed E-state index contributed by atoms with van der Waals surface area (Å²) in [5.41, 5.74) is 37.8. The first-order valence-electron chi connectivity index (χ1n) is 35.6. The van der Waals surface area contributed by atoms with Crippen molar-refractivity contribution in [2.45, 2.75) is 77.7 Å². The van der Waals surface area contributed by atoms with Crippen LogP contribution in [0.15, 0.2) is 345 Å². The molecule has 0 saturated carbocycles. The molecule has 0 spiro atoms.